The van der Waals surface area contributed by atoms with Gasteiger partial charge in [0.1, 0.15) is 11.4 Å². The van der Waals surface area contributed by atoms with Crippen LogP contribution in [0.3, 0.4) is 0 Å². The second-order valence-corrected chi connectivity index (χ2v) is 10.3. The normalized spacial score (nSPS) is 17.0. The Morgan fingerprint density at radius 2 is 1.88 bits per heavy atom. The number of carbonyl (C=O) groups excluding carboxylic acids is 1. The molecule has 1 saturated carbocycles. The Hall–Kier alpha value is -3.48. The van der Waals surface area contributed by atoms with Gasteiger partial charge in [0.05, 0.1) is 23.2 Å². The second-order valence-electron chi connectivity index (χ2n) is 10.3. The number of aryl methyl sites for hydroxylation is 1. The van der Waals surface area contributed by atoms with Gasteiger partial charge in [-0.15, -0.1) is 0 Å². The lowest BCUT2D eigenvalue weighted by molar-refractivity contribution is 0.0236. The van der Waals surface area contributed by atoms with Crippen LogP contribution in [0.25, 0.3) is 11.1 Å². The highest BCUT2D eigenvalue weighted by molar-refractivity contribution is 5.68. The molecule has 0 radical (unpaired) electrons. The molecule has 1 fully saturated rings. The predicted octanol–water partition coefficient (Wildman–Crippen LogP) is 4.60. The SMILES string of the molecule is CC(C)(C)OC(=O)N1CCCc2nc(C3(c4cncc(-c5ccccc5)c4)CC3)[nH]c(=O)c2C1. The largest absolute Gasteiger partial charge is 0.444 e. The van der Waals surface area contributed by atoms with E-state index in [9.17, 15) is 9.59 Å². The Bertz CT molecular complexity index is 1270. The molecule has 0 unspecified atom stereocenters. The minimum atomic E-state index is -0.582. The zero-order valence-electron chi connectivity index (χ0n) is 19.9. The van der Waals surface area contributed by atoms with E-state index < -0.39 is 11.7 Å². The highest BCUT2D eigenvalue weighted by Crippen LogP contribution is 2.52. The van der Waals surface area contributed by atoms with Crippen molar-refractivity contribution in [3.05, 3.63) is 81.8 Å². The third kappa shape index (κ3) is 4.34. The summed E-state index contributed by atoms with van der Waals surface area (Å²) in [7, 11) is 0. The van der Waals surface area contributed by atoms with Crippen molar-refractivity contribution in [3.8, 4) is 11.1 Å². The number of pyridine rings is 1. The molecule has 1 aromatic carbocycles. The molecule has 0 saturated heterocycles. The van der Waals surface area contributed by atoms with E-state index in [-0.39, 0.29) is 17.5 Å². The Labute approximate surface area is 199 Å². The van der Waals surface area contributed by atoms with Gasteiger partial charge in [0.15, 0.2) is 0 Å². The van der Waals surface area contributed by atoms with Crippen molar-refractivity contribution in [1.29, 1.82) is 0 Å². The number of hydrogen-bond acceptors (Lipinski definition) is 5. The fourth-order valence-electron chi connectivity index (χ4n) is 4.61. The fraction of sp³-hybridized carbons (Fsp3) is 0.407. The van der Waals surface area contributed by atoms with Crippen LogP contribution in [-0.2, 0) is 23.1 Å². The molecule has 1 aliphatic carbocycles. The third-order valence-electron chi connectivity index (χ3n) is 6.54. The summed E-state index contributed by atoms with van der Waals surface area (Å²) in [5.74, 6) is 0.703. The summed E-state index contributed by atoms with van der Waals surface area (Å²) in [5.41, 5.74) is 3.50. The Morgan fingerprint density at radius 3 is 2.59 bits per heavy atom. The van der Waals surface area contributed by atoms with Crippen LogP contribution in [0, 0.1) is 0 Å². The molecule has 0 spiro atoms. The number of fused-ring (bicyclic) bond motifs is 1. The zero-order valence-corrected chi connectivity index (χ0v) is 19.9. The highest BCUT2D eigenvalue weighted by atomic mass is 16.6. The number of aromatic nitrogens is 3. The van der Waals surface area contributed by atoms with E-state index in [1.807, 2.05) is 51.4 Å². The Morgan fingerprint density at radius 1 is 1.12 bits per heavy atom. The van der Waals surface area contributed by atoms with Gasteiger partial charge in [-0.25, -0.2) is 9.78 Å². The van der Waals surface area contributed by atoms with Crippen LogP contribution in [0.5, 0.6) is 0 Å². The van der Waals surface area contributed by atoms with E-state index in [1.165, 1.54) is 0 Å². The molecule has 7 heteroatoms. The molecule has 2 aromatic heterocycles. The molecule has 3 heterocycles. The van der Waals surface area contributed by atoms with E-state index in [1.54, 1.807) is 4.90 Å². The van der Waals surface area contributed by atoms with Crippen molar-refractivity contribution in [2.45, 2.75) is 64.0 Å². The van der Waals surface area contributed by atoms with Crippen molar-refractivity contribution in [3.63, 3.8) is 0 Å². The summed E-state index contributed by atoms with van der Waals surface area (Å²) in [6.07, 6.45) is 6.58. The number of benzene rings is 1. The highest BCUT2D eigenvalue weighted by Gasteiger charge is 2.49. The van der Waals surface area contributed by atoms with Gasteiger partial charge in [0.2, 0.25) is 0 Å². The van der Waals surface area contributed by atoms with Crippen molar-refractivity contribution in [2.24, 2.45) is 0 Å². The summed E-state index contributed by atoms with van der Waals surface area (Å²) in [6.45, 7) is 6.27. The van der Waals surface area contributed by atoms with Crippen molar-refractivity contribution in [1.82, 2.24) is 19.9 Å². The first-order chi connectivity index (χ1) is 16.2. The molecular formula is C27H30N4O3. The fourth-order valence-corrected chi connectivity index (χ4v) is 4.61. The van der Waals surface area contributed by atoms with Crippen LogP contribution in [-0.4, -0.2) is 38.1 Å². The molecule has 1 N–H and O–H groups in total. The zero-order chi connectivity index (χ0) is 23.9. The minimum absolute atomic E-state index is 0.172. The molecule has 176 valence electrons. The summed E-state index contributed by atoms with van der Waals surface area (Å²) in [6, 6.07) is 12.3. The molecule has 7 nitrogen and oxygen atoms in total. The van der Waals surface area contributed by atoms with Crippen LogP contribution < -0.4 is 5.56 Å². The van der Waals surface area contributed by atoms with Crippen molar-refractivity contribution >= 4 is 6.09 Å². The van der Waals surface area contributed by atoms with Crippen LogP contribution in [0.4, 0.5) is 4.79 Å². The summed E-state index contributed by atoms with van der Waals surface area (Å²) in [4.78, 5) is 39.9. The van der Waals surface area contributed by atoms with Crippen molar-refractivity contribution in [2.75, 3.05) is 6.54 Å². The van der Waals surface area contributed by atoms with E-state index in [0.717, 1.165) is 41.6 Å². The average molecular weight is 459 g/mol. The monoisotopic (exact) mass is 458 g/mol. The van der Waals surface area contributed by atoms with Crippen LogP contribution in [0.1, 0.15) is 62.7 Å². The first kappa shape index (κ1) is 22.3. The van der Waals surface area contributed by atoms with E-state index in [0.29, 0.717) is 24.4 Å². The number of carbonyl (C=O) groups is 1. The topological polar surface area (TPSA) is 88.2 Å². The number of nitrogens with zero attached hydrogens (tertiary/aromatic N) is 3. The maximum atomic E-state index is 13.2. The predicted molar refractivity (Wildman–Crippen MR) is 130 cm³/mol. The lowest BCUT2D eigenvalue weighted by Crippen LogP contribution is -2.37. The van der Waals surface area contributed by atoms with Gasteiger partial charge < -0.3 is 14.6 Å². The summed E-state index contributed by atoms with van der Waals surface area (Å²) in [5, 5.41) is 0. The number of rotatable bonds is 3. The van der Waals surface area contributed by atoms with Gasteiger partial charge >= 0.3 is 6.09 Å². The smallest absolute Gasteiger partial charge is 0.410 e. The van der Waals surface area contributed by atoms with Gasteiger partial charge in [-0.05, 0) is 63.6 Å². The van der Waals surface area contributed by atoms with E-state index in [2.05, 4.69) is 28.2 Å². The van der Waals surface area contributed by atoms with Crippen LogP contribution >= 0.6 is 0 Å². The maximum absolute atomic E-state index is 13.2. The van der Waals surface area contributed by atoms with Crippen molar-refractivity contribution < 1.29 is 9.53 Å². The van der Waals surface area contributed by atoms with Gasteiger partial charge in [-0.2, -0.15) is 0 Å². The number of H-pyrrole nitrogens is 1. The number of aromatic amines is 1. The van der Waals surface area contributed by atoms with Gasteiger partial charge in [-0.1, -0.05) is 30.3 Å². The summed E-state index contributed by atoms with van der Waals surface area (Å²) < 4.78 is 5.53. The molecule has 34 heavy (non-hydrogen) atoms. The molecule has 1 aliphatic heterocycles. The summed E-state index contributed by atoms with van der Waals surface area (Å²) >= 11 is 0. The Balaban J connectivity index is 1.46. The molecule has 2 aliphatic rings. The molecular weight excluding hydrogens is 428 g/mol. The number of hydrogen-bond donors (Lipinski definition) is 1. The molecule has 1 amide bonds. The van der Waals surface area contributed by atoms with E-state index in [4.69, 9.17) is 9.72 Å². The van der Waals surface area contributed by atoms with Gasteiger partial charge in [0, 0.05) is 24.5 Å². The Kier molecular flexibility index (Phi) is 5.50. The number of ether oxygens (including phenoxy) is 1. The number of amides is 1. The van der Waals surface area contributed by atoms with Gasteiger partial charge in [-0.3, -0.25) is 9.78 Å². The molecule has 5 rings (SSSR count). The maximum Gasteiger partial charge on any atom is 0.410 e. The minimum Gasteiger partial charge on any atom is -0.444 e. The van der Waals surface area contributed by atoms with Crippen LogP contribution in [0.15, 0.2) is 53.6 Å². The first-order valence-electron chi connectivity index (χ1n) is 11.9. The van der Waals surface area contributed by atoms with Gasteiger partial charge in [0.25, 0.3) is 5.56 Å². The quantitative estimate of drug-likeness (QED) is 0.620. The first-order valence-corrected chi connectivity index (χ1v) is 11.9. The lowest BCUT2D eigenvalue weighted by Gasteiger charge is -2.26. The van der Waals surface area contributed by atoms with Crippen LogP contribution in [0.2, 0.25) is 0 Å². The lowest BCUT2D eigenvalue weighted by atomic mass is 9.93. The molecule has 0 bridgehead atoms. The second kappa shape index (κ2) is 8.38. The standard InChI is InChI=1S/C27H30N4O3/c1-26(2,3)34-25(33)31-13-7-10-22-21(17-31)23(32)30-24(29-22)27(11-12-27)20-14-19(15-28-16-20)18-8-5-4-6-9-18/h4-6,8-9,14-16H,7,10-13,17H2,1-3H3,(H,29,30,32). The average Bonchev–Trinajstić information content (AvgIpc) is 3.63. The molecule has 0 atom stereocenters. The number of nitrogens with one attached hydrogen (secondary N) is 1. The van der Waals surface area contributed by atoms with E-state index >= 15 is 0 Å². The molecule has 3 aromatic rings. The third-order valence-corrected chi connectivity index (χ3v) is 6.54.